The Hall–Kier alpha value is -2.35. The summed E-state index contributed by atoms with van der Waals surface area (Å²) in [5.74, 6) is 0. The highest BCUT2D eigenvalue weighted by molar-refractivity contribution is 5.75. The van der Waals surface area contributed by atoms with Gasteiger partial charge in [-0.05, 0) is 30.7 Å². The van der Waals surface area contributed by atoms with E-state index in [1.807, 2.05) is 67.6 Å². The summed E-state index contributed by atoms with van der Waals surface area (Å²) in [5.41, 5.74) is 8.64. The highest BCUT2D eigenvalue weighted by atomic mass is 14.5. The van der Waals surface area contributed by atoms with Crippen molar-refractivity contribution < 1.29 is 0 Å². The third-order valence-corrected chi connectivity index (χ3v) is 2.26. The molecule has 2 rings (SSSR count). The fourth-order valence-corrected chi connectivity index (χ4v) is 1.29. The molecule has 0 amide bonds. The Kier molecular flexibility index (Phi) is 5.98. The molecule has 2 aromatic rings. The number of benzene rings is 2. The molecule has 18 heavy (non-hydrogen) atoms. The molecule has 0 bridgehead atoms. The third kappa shape index (κ3) is 5.66. The molecule has 2 heteroatoms. The van der Waals surface area contributed by atoms with Gasteiger partial charge in [-0.15, -0.1) is 0 Å². The summed E-state index contributed by atoms with van der Waals surface area (Å²) in [7, 11) is 0. The van der Waals surface area contributed by atoms with Gasteiger partial charge in [0.25, 0.3) is 0 Å². The van der Waals surface area contributed by atoms with Crippen molar-refractivity contribution in [1.29, 1.82) is 5.41 Å². The van der Waals surface area contributed by atoms with Crippen LogP contribution >= 0.6 is 0 Å². The van der Waals surface area contributed by atoms with Crippen LogP contribution in [0.15, 0.2) is 60.7 Å². The number of hydrogen-bond donors (Lipinski definition) is 2. The SMILES string of the molecule is Cc1ccc(N)cc1.N=C/C=C/c1ccccc1. The van der Waals surface area contributed by atoms with E-state index in [9.17, 15) is 0 Å². The van der Waals surface area contributed by atoms with Crippen molar-refractivity contribution in [2.45, 2.75) is 6.92 Å². The third-order valence-electron chi connectivity index (χ3n) is 2.26. The minimum Gasteiger partial charge on any atom is -0.399 e. The minimum atomic E-state index is 0.829. The number of nitrogens with two attached hydrogens (primary N) is 1. The molecule has 0 aromatic heterocycles. The number of nitrogens with one attached hydrogen (secondary N) is 1. The van der Waals surface area contributed by atoms with E-state index < -0.39 is 0 Å². The second-order valence-corrected chi connectivity index (χ2v) is 3.85. The summed E-state index contributed by atoms with van der Waals surface area (Å²) in [6.07, 6.45) is 4.87. The molecule has 0 unspecified atom stereocenters. The van der Waals surface area contributed by atoms with Gasteiger partial charge in [0.15, 0.2) is 0 Å². The van der Waals surface area contributed by atoms with Crippen LogP contribution in [0.5, 0.6) is 0 Å². The van der Waals surface area contributed by atoms with Crippen LogP contribution in [0.1, 0.15) is 11.1 Å². The van der Waals surface area contributed by atoms with E-state index in [0.717, 1.165) is 11.3 Å². The highest BCUT2D eigenvalue weighted by Crippen LogP contribution is 2.02. The van der Waals surface area contributed by atoms with Crippen molar-refractivity contribution in [1.82, 2.24) is 0 Å². The summed E-state index contributed by atoms with van der Waals surface area (Å²) < 4.78 is 0. The molecular formula is C16H18N2. The lowest BCUT2D eigenvalue weighted by Crippen LogP contribution is -1.81. The fraction of sp³-hybridized carbons (Fsp3) is 0.0625. The molecule has 0 saturated heterocycles. The Morgan fingerprint density at radius 3 is 2.06 bits per heavy atom. The monoisotopic (exact) mass is 238 g/mol. The number of nitrogen functional groups attached to an aromatic ring is 1. The maximum Gasteiger partial charge on any atom is 0.0314 e. The molecule has 0 spiro atoms. The fourth-order valence-electron chi connectivity index (χ4n) is 1.29. The minimum absolute atomic E-state index is 0.829. The van der Waals surface area contributed by atoms with Crippen molar-refractivity contribution in [3.8, 4) is 0 Å². The molecule has 2 nitrogen and oxygen atoms in total. The van der Waals surface area contributed by atoms with E-state index in [1.54, 1.807) is 6.08 Å². The lowest BCUT2D eigenvalue weighted by molar-refractivity contribution is 1.47. The van der Waals surface area contributed by atoms with Crippen LogP contribution in [-0.2, 0) is 0 Å². The van der Waals surface area contributed by atoms with E-state index in [1.165, 1.54) is 11.8 Å². The summed E-state index contributed by atoms with van der Waals surface area (Å²) in [4.78, 5) is 0. The lowest BCUT2D eigenvalue weighted by atomic mass is 10.2. The van der Waals surface area contributed by atoms with Crippen LogP contribution in [0.4, 0.5) is 5.69 Å². The van der Waals surface area contributed by atoms with Crippen LogP contribution in [0, 0.1) is 12.3 Å². The molecule has 0 fully saturated rings. The molecule has 0 aliphatic heterocycles. The standard InChI is InChI=1S/C9H9N.C7H9N/c10-8-4-7-9-5-2-1-3-6-9;1-6-2-4-7(8)5-3-6/h1-8,10H;2-5H,8H2,1H3/b7-4+,10-8?;. The average molecular weight is 238 g/mol. The zero-order chi connectivity index (χ0) is 13.2. The normalized spacial score (nSPS) is 9.61. The number of anilines is 1. The molecular weight excluding hydrogens is 220 g/mol. The van der Waals surface area contributed by atoms with Crippen LogP contribution in [-0.4, -0.2) is 6.21 Å². The van der Waals surface area contributed by atoms with Gasteiger partial charge >= 0.3 is 0 Å². The van der Waals surface area contributed by atoms with E-state index in [0.29, 0.717) is 0 Å². The maximum absolute atomic E-state index is 6.74. The van der Waals surface area contributed by atoms with Crippen molar-refractivity contribution >= 4 is 18.0 Å². The molecule has 0 radical (unpaired) electrons. The van der Waals surface area contributed by atoms with Gasteiger partial charge < -0.3 is 11.1 Å². The summed E-state index contributed by atoms with van der Waals surface area (Å²) in [6, 6.07) is 17.7. The first-order valence-electron chi connectivity index (χ1n) is 5.76. The van der Waals surface area contributed by atoms with Gasteiger partial charge in [0.05, 0.1) is 0 Å². The predicted molar refractivity (Wildman–Crippen MR) is 79.9 cm³/mol. The number of allylic oxidation sites excluding steroid dienone is 1. The Morgan fingerprint density at radius 2 is 1.56 bits per heavy atom. The van der Waals surface area contributed by atoms with E-state index in [-0.39, 0.29) is 0 Å². The van der Waals surface area contributed by atoms with Gasteiger partial charge in [0, 0.05) is 11.9 Å². The Labute approximate surface area is 108 Å². The molecule has 2 aromatic carbocycles. The van der Waals surface area contributed by atoms with Gasteiger partial charge in [-0.2, -0.15) is 0 Å². The summed E-state index contributed by atoms with van der Waals surface area (Å²) in [5, 5.41) is 6.74. The van der Waals surface area contributed by atoms with Gasteiger partial charge in [0.2, 0.25) is 0 Å². The Bertz CT molecular complexity index is 463. The largest absolute Gasteiger partial charge is 0.399 e. The maximum atomic E-state index is 6.74. The molecule has 0 saturated carbocycles. The highest BCUT2D eigenvalue weighted by Gasteiger charge is 1.80. The van der Waals surface area contributed by atoms with Crippen molar-refractivity contribution in [2.24, 2.45) is 0 Å². The number of hydrogen-bond acceptors (Lipinski definition) is 2. The van der Waals surface area contributed by atoms with Crippen LogP contribution in [0.3, 0.4) is 0 Å². The van der Waals surface area contributed by atoms with Crippen LogP contribution < -0.4 is 5.73 Å². The molecule has 0 aliphatic carbocycles. The van der Waals surface area contributed by atoms with Gasteiger partial charge in [0.1, 0.15) is 0 Å². The molecule has 0 heterocycles. The van der Waals surface area contributed by atoms with Crippen molar-refractivity contribution in [2.75, 3.05) is 5.73 Å². The van der Waals surface area contributed by atoms with E-state index >= 15 is 0 Å². The summed E-state index contributed by atoms with van der Waals surface area (Å²) in [6.45, 7) is 2.04. The Morgan fingerprint density at radius 1 is 0.944 bits per heavy atom. The summed E-state index contributed by atoms with van der Waals surface area (Å²) >= 11 is 0. The topological polar surface area (TPSA) is 49.9 Å². The van der Waals surface area contributed by atoms with Gasteiger partial charge in [-0.3, -0.25) is 0 Å². The van der Waals surface area contributed by atoms with E-state index in [2.05, 4.69) is 0 Å². The number of rotatable bonds is 2. The van der Waals surface area contributed by atoms with Crippen LogP contribution in [0.25, 0.3) is 6.08 Å². The van der Waals surface area contributed by atoms with Crippen molar-refractivity contribution in [3.05, 3.63) is 71.8 Å². The second kappa shape index (κ2) is 7.85. The first kappa shape index (κ1) is 13.7. The zero-order valence-corrected chi connectivity index (χ0v) is 10.5. The van der Waals surface area contributed by atoms with E-state index in [4.69, 9.17) is 11.1 Å². The predicted octanol–water partition coefficient (Wildman–Crippen LogP) is 3.93. The average Bonchev–Trinajstić information content (AvgIpc) is 2.42. The second-order valence-electron chi connectivity index (χ2n) is 3.85. The molecule has 0 atom stereocenters. The molecule has 92 valence electrons. The molecule has 3 N–H and O–H groups in total. The zero-order valence-electron chi connectivity index (χ0n) is 10.5. The first-order valence-corrected chi connectivity index (χ1v) is 5.76. The van der Waals surface area contributed by atoms with Gasteiger partial charge in [-0.25, -0.2) is 0 Å². The Balaban J connectivity index is 0.000000184. The van der Waals surface area contributed by atoms with Gasteiger partial charge in [-0.1, -0.05) is 54.1 Å². The van der Waals surface area contributed by atoms with Crippen molar-refractivity contribution in [3.63, 3.8) is 0 Å². The quantitative estimate of drug-likeness (QED) is 0.604. The number of aryl methyl sites for hydroxylation is 1. The smallest absolute Gasteiger partial charge is 0.0314 e. The molecule has 0 aliphatic rings. The van der Waals surface area contributed by atoms with Crippen LogP contribution in [0.2, 0.25) is 0 Å². The first-order chi connectivity index (χ1) is 8.72. The lowest BCUT2D eigenvalue weighted by Gasteiger charge is -1.90.